The first-order valence-corrected chi connectivity index (χ1v) is 5.67. The molecular formula is C12H13N5O. The van der Waals surface area contributed by atoms with Crippen LogP contribution in [0.15, 0.2) is 18.7 Å². The van der Waals surface area contributed by atoms with E-state index in [2.05, 4.69) is 20.3 Å². The molecule has 0 aliphatic rings. The minimum absolute atomic E-state index is 0.0242. The van der Waals surface area contributed by atoms with Crippen LogP contribution in [0.3, 0.4) is 0 Å². The van der Waals surface area contributed by atoms with Crippen LogP contribution in [0.2, 0.25) is 0 Å². The summed E-state index contributed by atoms with van der Waals surface area (Å²) >= 11 is 0. The molecule has 0 unspecified atom stereocenters. The lowest BCUT2D eigenvalue weighted by Crippen LogP contribution is -2.19. The first-order chi connectivity index (χ1) is 8.70. The lowest BCUT2D eigenvalue weighted by molar-refractivity contribution is -0.119. The fourth-order valence-corrected chi connectivity index (χ4v) is 2.13. The van der Waals surface area contributed by atoms with Crippen molar-refractivity contribution in [1.29, 1.82) is 0 Å². The Morgan fingerprint density at radius 3 is 3.11 bits per heavy atom. The number of amides is 1. The number of aryl methyl sites for hydroxylation is 1. The van der Waals surface area contributed by atoms with E-state index in [9.17, 15) is 4.79 Å². The second-order valence-corrected chi connectivity index (χ2v) is 4.23. The number of carbonyl (C=O) groups is 1. The highest BCUT2D eigenvalue weighted by Gasteiger charge is 2.13. The minimum atomic E-state index is -0.0242. The van der Waals surface area contributed by atoms with Crippen LogP contribution in [-0.4, -0.2) is 32.5 Å². The summed E-state index contributed by atoms with van der Waals surface area (Å²) in [5, 5.41) is 3.55. The molecule has 0 aliphatic carbocycles. The number of aromatic nitrogens is 4. The molecule has 3 rings (SSSR count). The normalized spacial score (nSPS) is 11.2. The summed E-state index contributed by atoms with van der Waals surface area (Å²) < 4.78 is 1.92. The number of imidazole rings is 1. The highest BCUT2D eigenvalue weighted by molar-refractivity contribution is 6.04. The fraction of sp³-hybridized carbons (Fsp3) is 0.250. The number of hydrogen-bond acceptors (Lipinski definition) is 3. The minimum Gasteiger partial charge on any atom is -0.359 e. The van der Waals surface area contributed by atoms with Gasteiger partial charge in [-0.15, -0.1) is 0 Å². The smallest absolute Gasteiger partial charge is 0.224 e. The number of H-pyrrole nitrogens is 1. The Kier molecular flexibility index (Phi) is 2.29. The standard InChI is InChI=1S/C12H13N5O/c1-13-9(18)3-7-4-14-12-10(7)11-8(5-15-12)17(2)6-16-11/h4-6H,3H2,1-2H3,(H,13,18)(H,14,15). The number of hydrogen-bond donors (Lipinski definition) is 2. The van der Waals surface area contributed by atoms with Gasteiger partial charge in [-0.05, 0) is 5.56 Å². The van der Waals surface area contributed by atoms with Crippen molar-refractivity contribution in [3.63, 3.8) is 0 Å². The zero-order chi connectivity index (χ0) is 12.7. The number of aromatic amines is 1. The molecule has 3 aromatic heterocycles. The molecule has 2 N–H and O–H groups in total. The molecule has 6 heteroatoms. The van der Waals surface area contributed by atoms with Crippen LogP contribution in [0.25, 0.3) is 22.1 Å². The molecule has 0 saturated heterocycles. The Morgan fingerprint density at radius 1 is 1.50 bits per heavy atom. The molecule has 0 saturated carbocycles. The molecule has 6 nitrogen and oxygen atoms in total. The van der Waals surface area contributed by atoms with Gasteiger partial charge in [0.15, 0.2) is 0 Å². The summed E-state index contributed by atoms with van der Waals surface area (Å²) in [6.45, 7) is 0. The van der Waals surface area contributed by atoms with Gasteiger partial charge in [-0.1, -0.05) is 0 Å². The summed E-state index contributed by atoms with van der Waals surface area (Å²) in [7, 11) is 3.56. The Bertz CT molecular complexity index is 739. The van der Waals surface area contributed by atoms with E-state index in [1.165, 1.54) is 0 Å². The van der Waals surface area contributed by atoms with Crippen molar-refractivity contribution in [2.75, 3.05) is 7.05 Å². The van der Waals surface area contributed by atoms with Crippen LogP contribution in [-0.2, 0) is 18.3 Å². The third kappa shape index (κ3) is 1.46. The van der Waals surface area contributed by atoms with Gasteiger partial charge in [0.25, 0.3) is 0 Å². The third-order valence-corrected chi connectivity index (χ3v) is 3.11. The Hall–Kier alpha value is -2.37. The lowest BCUT2D eigenvalue weighted by atomic mass is 10.1. The maximum Gasteiger partial charge on any atom is 0.224 e. The zero-order valence-electron chi connectivity index (χ0n) is 10.2. The Balaban J connectivity index is 2.26. The summed E-state index contributed by atoms with van der Waals surface area (Å²) in [5.41, 5.74) is 3.52. The van der Waals surface area contributed by atoms with E-state index in [1.54, 1.807) is 19.6 Å². The van der Waals surface area contributed by atoms with Crippen molar-refractivity contribution in [3.8, 4) is 0 Å². The summed E-state index contributed by atoms with van der Waals surface area (Å²) in [6.07, 6.45) is 5.68. The number of pyridine rings is 1. The SMILES string of the molecule is CNC(=O)Cc1c[nH]c2ncc3c(ncn3C)c12. The van der Waals surface area contributed by atoms with Crippen LogP contribution in [0, 0.1) is 0 Å². The third-order valence-electron chi connectivity index (χ3n) is 3.11. The predicted octanol–water partition coefficient (Wildman–Crippen LogP) is 0.738. The second kappa shape index (κ2) is 3.83. The topological polar surface area (TPSA) is 75.6 Å². The molecule has 92 valence electrons. The highest BCUT2D eigenvalue weighted by Crippen LogP contribution is 2.25. The predicted molar refractivity (Wildman–Crippen MR) is 68.1 cm³/mol. The molecule has 3 heterocycles. The van der Waals surface area contributed by atoms with Crippen molar-refractivity contribution < 1.29 is 4.79 Å². The van der Waals surface area contributed by atoms with Crippen molar-refractivity contribution in [2.45, 2.75) is 6.42 Å². The molecule has 0 fully saturated rings. The zero-order valence-corrected chi connectivity index (χ0v) is 10.2. The van der Waals surface area contributed by atoms with Gasteiger partial charge >= 0.3 is 0 Å². The first kappa shape index (κ1) is 10.8. The molecule has 3 aromatic rings. The average Bonchev–Trinajstić information content (AvgIpc) is 2.94. The second-order valence-electron chi connectivity index (χ2n) is 4.23. The maximum atomic E-state index is 11.5. The fourth-order valence-electron chi connectivity index (χ4n) is 2.13. The van der Waals surface area contributed by atoms with Crippen LogP contribution in [0.4, 0.5) is 0 Å². The van der Waals surface area contributed by atoms with Gasteiger partial charge < -0.3 is 14.9 Å². The molecule has 1 amide bonds. The van der Waals surface area contributed by atoms with E-state index in [4.69, 9.17) is 0 Å². The van der Waals surface area contributed by atoms with Crippen molar-refractivity contribution >= 4 is 28.0 Å². The van der Waals surface area contributed by atoms with Gasteiger partial charge in [-0.3, -0.25) is 4.79 Å². The first-order valence-electron chi connectivity index (χ1n) is 5.67. The molecule has 0 radical (unpaired) electrons. The summed E-state index contributed by atoms with van der Waals surface area (Å²) in [4.78, 5) is 23.3. The van der Waals surface area contributed by atoms with Gasteiger partial charge in [0, 0.05) is 20.3 Å². The lowest BCUT2D eigenvalue weighted by Gasteiger charge is -1.99. The van der Waals surface area contributed by atoms with Crippen LogP contribution >= 0.6 is 0 Å². The van der Waals surface area contributed by atoms with E-state index in [0.717, 1.165) is 27.6 Å². The monoisotopic (exact) mass is 243 g/mol. The van der Waals surface area contributed by atoms with Crippen LogP contribution in [0.1, 0.15) is 5.56 Å². The Morgan fingerprint density at radius 2 is 2.33 bits per heavy atom. The van der Waals surface area contributed by atoms with Crippen LogP contribution < -0.4 is 5.32 Å². The van der Waals surface area contributed by atoms with Gasteiger partial charge in [0.1, 0.15) is 11.2 Å². The molecule has 0 spiro atoms. The number of rotatable bonds is 2. The largest absolute Gasteiger partial charge is 0.359 e. The van der Waals surface area contributed by atoms with E-state index in [0.29, 0.717) is 6.42 Å². The van der Waals surface area contributed by atoms with E-state index in [1.807, 2.05) is 17.8 Å². The van der Waals surface area contributed by atoms with Crippen LogP contribution in [0.5, 0.6) is 0 Å². The number of nitrogens with zero attached hydrogens (tertiary/aromatic N) is 3. The van der Waals surface area contributed by atoms with E-state index >= 15 is 0 Å². The molecule has 0 aromatic carbocycles. The number of nitrogens with one attached hydrogen (secondary N) is 2. The number of fused-ring (bicyclic) bond motifs is 3. The van der Waals surface area contributed by atoms with E-state index < -0.39 is 0 Å². The molecule has 18 heavy (non-hydrogen) atoms. The maximum absolute atomic E-state index is 11.5. The Labute approximate surface area is 103 Å². The molecule has 0 atom stereocenters. The molecule has 0 aliphatic heterocycles. The van der Waals surface area contributed by atoms with Gasteiger partial charge in [-0.25, -0.2) is 9.97 Å². The van der Waals surface area contributed by atoms with Crippen molar-refractivity contribution in [3.05, 3.63) is 24.3 Å². The average molecular weight is 243 g/mol. The molecular weight excluding hydrogens is 230 g/mol. The van der Waals surface area contributed by atoms with Gasteiger partial charge in [0.05, 0.1) is 29.8 Å². The van der Waals surface area contributed by atoms with E-state index in [-0.39, 0.29) is 5.91 Å². The quantitative estimate of drug-likeness (QED) is 0.697. The van der Waals surface area contributed by atoms with Crippen molar-refractivity contribution in [2.24, 2.45) is 7.05 Å². The number of carbonyl (C=O) groups excluding carboxylic acids is 1. The number of likely N-dealkylation sites (N-methyl/N-ethyl adjacent to an activating group) is 1. The highest BCUT2D eigenvalue weighted by atomic mass is 16.1. The molecule has 0 bridgehead atoms. The van der Waals surface area contributed by atoms with Gasteiger partial charge in [0.2, 0.25) is 5.91 Å². The summed E-state index contributed by atoms with van der Waals surface area (Å²) in [5.74, 6) is -0.0242. The summed E-state index contributed by atoms with van der Waals surface area (Å²) in [6, 6.07) is 0. The van der Waals surface area contributed by atoms with Gasteiger partial charge in [-0.2, -0.15) is 0 Å². The van der Waals surface area contributed by atoms with Crippen molar-refractivity contribution in [1.82, 2.24) is 24.8 Å².